The lowest BCUT2D eigenvalue weighted by molar-refractivity contribution is 0.540. The molecule has 1 heterocycles. The van der Waals surface area contributed by atoms with Crippen LogP contribution in [0.4, 0.5) is 0 Å². The molecule has 1 radical (unpaired) electrons. The summed E-state index contributed by atoms with van der Waals surface area (Å²) in [4.78, 5) is 0. The largest absolute Gasteiger partial charge is 0.658 e. The normalized spacial score (nSPS) is 14.1. The van der Waals surface area contributed by atoms with Gasteiger partial charge in [-0.3, -0.25) is 0 Å². The van der Waals surface area contributed by atoms with Crippen molar-refractivity contribution in [3.05, 3.63) is 23.8 Å². The summed E-state index contributed by atoms with van der Waals surface area (Å²) in [5.74, 6) is 1.61. The zero-order chi connectivity index (χ0) is 9.47. The molecule has 2 rings (SSSR count). The van der Waals surface area contributed by atoms with Crippen molar-refractivity contribution in [1.29, 1.82) is 0 Å². The van der Waals surface area contributed by atoms with E-state index in [2.05, 4.69) is 26.8 Å². The zero-order valence-corrected chi connectivity index (χ0v) is 8.13. The molecule has 0 atom stereocenters. The SMILES string of the molecule is CC(C)(C)c1ccc2c(c1)O[B]O2. The van der Waals surface area contributed by atoms with Gasteiger partial charge in [-0.1, -0.05) is 26.8 Å². The van der Waals surface area contributed by atoms with Crippen LogP contribution < -0.4 is 9.31 Å². The van der Waals surface area contributed by atoms with Crippen LogP contribution in [-0.4, -0.2) is 7.69 Å². The molecule has 0 amide bonds. The highest BCUT2D eigenvalue weighted by molar-refractivity contribution is 6.22. The monoisotopic (exact) mass is 175 g/mol. The fourth-order valence-corrected chi connectivity index (χ4v) is 1.29. The molecule has 1 aliphatic rings. The first-order valence-corrected chi connectivity index (χ1v) is 4.37. The Balaban J connectivity index is 2.42. The lowest BCUT2D eigenvalue weighted by Crippen LogP contribution is -2.10. The lowest BCUT2D eigenvalue weighted by atomic mass is 9.87. The minimum atomic E-state index is 0.154. The maximum atomic E-state index is 5.19. The van der Waals surface area contributed by atoms with Crippen molar-refractivity contribution in [3.63, 3.8) is 0 Å². The second-order valence-electron chi connectivity index (χ2n) is 4.24. The Morgan fingerprint density at radius 2 is 1.77 bits per heavy atom. The number of fused-ring (bicyclic) bond motifs is 1. The van der Waals surface area contributed by atoms with Crippen molar-refractivity contribution >= 4 is 7.69 Å². The first-order chi connectivity index (χ1) is 6.07. The summed E-state index contributed by atoms with van der Waals surface area (Å²) in [7, 11) is 1.36. The first kappa shape index (κ1) is 8.48. The minimum Gasteiger partial charge on any atom is -0.524 e. The summed E-state index contributed by atoms with van der Waals surface area (Å²) >= 11 is 0. The first-order valence-electron chi connectivity index (χ1n) is 4.37. The van der Waals surface area contributed by atoms with Crippen molar-refractivity contribution in [1.82, 2.24) is 0 Å². The molecular weight excluding hydrogens is 163 g/mol. The molecule has 1 aliphatic heterocycles. The van der Waals surface area contributed by atoms with Crippen LogP contribution in [0.5, 0.6) is 11.5 Å². The van der Waals surface area contributed by atoms with Gasteiger partial charge in [-0.15, -0.1) is 0 Å². The van der Waals surface area contributed by atoms with Crippen LogP contribution in [0.2, 0.25) is 0 Å². The third-order valence-electron chi connectivity index (χ3n) is 2.16. The van der Waals surface area contributed by atoms with E-state index in [-0.39, 0.29) is 5.41 Å². The van der Waals surface area contributed by atoms with E-state index in [4.69, 9.17) is 9.31 Å². The molecule has 3 heteroatoms. The van der Waals surface area contributed by atoms with Gasteiger partial charge >= 0.3 is 7.69 Å². The fourth-order valence-electron chi connectivity index (χ4n) is 1.29. The van der Waals surface area contributed by atoms with Gasteiger partial charge in [-0.05, 0) is 23.1 Å². The summed E-state index contributed by atoms with van der Waals surface area (Å²) in [6, 6.07) is 6.04. The molecular formula is C10H12BO2. The van der Waals surface area contributed by atoms with Crippen molar-refractivity contribution in [3.8, 4) is 11.5 Å². The molecule has 0 aromatic heterocycles. The van der Waals surface area contributed by atoms with Crippen LogP contribution in [0, 0.1) is 0 Å². The fraction of sp³-hybridized carbons (Fsp3) is 0.400. The third kappa shape index (κ3) is 1.51. The maximum Gasteiger partial charge on any atom is 0.658 e. The molecule has 0 unspecified atom stereocenters. The molecule has 0 saturated heterocycles. The zero-order valence-electron chi connectivity index (χ0n) is 8.13. The summed E-state index contributed by atoms with van der Waals surface area (Å²) in [5.41, 5.74) is 1.41. The molecule has 0 saturated carbocycles. The minimum absolute atomic E-state index is 0.154. The van der Waals surface area contributed by atoms with Crippen LogP contribution >= 0.6 is 0 Å². The Morgan fingerprint density at radius 1 is 1.08 bits per heavy atom. The van der Waals surface area contributed by atoms with E-state index in [9.17, 15) is 0 Å². The smallest absolute Gasteiger partial charge is 0.524 e. The van der Waals surface area contributed by atoms with Gasteiger partial charge in [0, 0.05) is 0 Å². The number of benzene rings is 1. The van der Waals surface area contributed by atoms with E-state index >= 15 is 0 Å². The second-order valence-corrected chi connectivity index (χ2v) is 4.24. The predicted molar refractivity (Wildman–Crippen MR) is 52.2 cm³/mol. The van der Waals surface area contributed by atoms with Crippen LogP contribution in [0.25, 0.3) is 0 Å². The van der Waals surface area contributed by atoms with Crippen LogP contribution in [-0.2, 0) is 5.41 Å². The molecule has 67 valence electrons. The molecule has 0 bridgehead atoms. The van der Waals surface area contributed by atoms with Crippen LogP contribution in [0.15, 0.2) is 18.2 Å². The molecule has 0 aliphatic carbocycles. The molecule has 2 nitrogen and oxygen atoms in total. The van der Waals surface area contributed by atoms with E-state index in [0.717, 1.165) is 11.5 Å². The highest BCUT2D eigenvalue weighted by Gasteiger charge is 2.20. The Kier molecular flexibility index (Phi) is 1.75. The number of hydrogen-bond donors (Lipinski definition) is 0. The van der Waals surface area contributed by atoms with Crippen molar-refractivity contribution in [2.75, 3.05) is 0 Å². The van der Waals surface area contributed by atoms with Gasteiger partial charge in [-0.2, -0.15) is 0 Å². The standard InChI is InChI=1S/C10H12BO2/c1-10(2,3)7-4-5-8-9(6-7)13-11-12-8/h4-6H,1-3H3. The van der Waals surface area contributed by atoms with Gasteiger partial charge in [0.15, 0.2) is 0 Å². The molecule has 0 spiro atoms. The van der Waals surface area contributed by atoms with Crippen molar-refractivity contribution < 1.29 is 9.31 Å². The van der Waals surface area contributed by atoms with Gasteiger partial charge in [0.25, 0.3) is 0 Å². The van der Waals surface area contributed by atoms with Gasteiger partial charge in [0.2, 0.25) is 0 Å². The number of hydrogen-bond acceptors (Lipinski definition) is 2. The third-order valence-corrected chi connectivity index (χ3v) is 2.16. The van der Waals surface area contributed by atoms with Crippen molar-refractivity contribution in [2.45, 2.75) is 26.2 Å². The molecule has 0 fully saturated rings. The van der Waals surface area contributed by atoms with E-state index in [1.165, 1.54) is 13.2 Å². The Morgan fingerprint density at radius 3 is 2.46 bits per heavy atom. The van der Waals surface area contributed by atoms with Gasteiger partial charge in [-0.25, -0.2) is 0 Å². The van der Waals surface area contributed by atoms with E-state index in [1.807, 2.05) is 12.1 Å². The Bertz CT molecular complexity index is 328. The van der Waals surface area contributed by atoms with E-state index < -0.39 is 0 Å². The number of rotatable bonds is 0. The Hall–Kier alpha value is -1.12. The Labute approximate surface area is 79.2 Å². The predicted octanol–water partition coefficient (Wildman–Crippen LogP) is 2.29. The van der Waals surface area contributed by atoms with Crippen molar-refractivity contribution in [2.24, 2.45) is 0 Å². The van der Waals surface area contributed by atoms with Crippen LogP contribution in [0.1, 0.15) is 26.3 Å². The lowest BCUT2D eigenvalue weighted by Gasteiger charge is -2.19. The molecule has 0 N–H and O–H groups in total. The summed E-state index contributed by atoms with van der Waals surface area (Å²) in [6.07, 6.45) is 0. The second kappa shape index (κ2) is 2.69. The highest BCUT2D eigenvalue weighted by Crippen LogP contribution is 2.35. The molecule has 1 aromatic rings. The quantitative estimate of drug-likeness (QED) is 0.563. The summed E-state index contributed by atoms with van der Waals surface area (Å²) < 4.78 is 10.3. The van der Waals surface area contributed by atoms with Gasteiger partial charge < -0.3 is 9.31 Å². The maximum absolute atomic E-state index is 5.19. The van der Waals surface area contributed by atoms with E-state index in [0.29, 0.717) is 0 Å². The average molecular weight is 175 g/mol. The van der Waals surface area contributed by atoms with Gasteiger partial charge in [0.1, 0.15) is 11.5 Å². The highest BCUT2D eigenvalue weighted by atomic mass is 16.6. The van der Waals surface area contributed by atoms with Gasteiger partial charge in [0.05, 0.1) is 0 Å². The summed E-state index contributed by atoms with van der Waals surface area (Å²) in [6.45, 7) is 6.52. The molecule has 1 aromatic carbocycles. The molecule has 13 heavy (non-hydrogen) atoms. The van der Waals surface area contributed by atoms with Crippen LogP contribution in [0.3, 0.4) is 0 Å². The summed E-state index contributed by atoms with van der Waals surface area (Å²) in [5, 5.41) is 0. The van der Waals surface area contributed by atoms with E-state index in [1.54, 1.807) is 0 Å². The average Bonchev–Trinajstić information content (AvgIpc) is 2.47. The topological polar surface area (TPSA) is 18.5 Å².